The normalized spacial score (nSPS) is 13.0. The van der Waals surface area contributed by atoms with E-state index in [1.807, 2.05) is 6.92 Å². The molecular weight excluding hydrogens is 168 g/mol. The standard InChI is InChI=1S/C10H20O3/c1-4-9(11)7-10(12)13-6-5-8(2)3/h8-9,11H,4-7H2,1-3H3. The monoisotopic (exact) mass is 188 g/mol. The molecule has 3 heteroatoms. The molecule has 0 radical (unpaired) electrons. The van der Waals surface area contributed by atoms with Crippen molar-refractivity contribution in [2.45, 2.75) is 46.1 Å². The number of carbonyl (C=O) groups is 1. The zero-order chi connectivity index (χ0) is 10.3. The highest BCUT2D eigenvalue weighted by molar-refractivity contribution is 5.69. The van der Waals surface area contributed by atoms with Crippen molar-refractivity contribution in [2.75, 3.05) is 6.61 Å². The SMILES string of the molecule is CCC(O)CC(=O)OCCC(C)C. The number of aliphatic hydroxyl groups is 1. The quantitative estimate of drug-likeness (QED) is 0.646. The Labute approximate surface area is 80.1 Å². The third kappa shape index (κ3) is 7.78. The molecule has 0 aromatic rings. The Morgan fingerprint density at radius 2 is 2.08 bits per heavy atom. The van der Waals surface area contributed by atoms with Gasteiger partial charge in [0.1, 0.15) is 0 Å². The molecular formula is C10H20O3. The summed E-state index contributed by atoms with van der Waals surface area (Å²) in [6.07, 6.45) is 1.05. The first-order chi connectivity index (χ1) is 6.06. The predicted octanol–water partition coefficient (Wildman–Crippen LogP) is 1.74. The van der Waals surface area contributed by atoms with E-state index in [0.717, 1.165) is 6.42 Å². The van der Waals surface area contributed by atoms with Crippen LogP contribution in [0.3, 0.4) is 0 Å². The number of aliphatic hydroxyl groups excluding tert-OH is 1. The second kappa shape index (κ2) is 6.89. The molecule has 3 nitrogen and oxygen atoms in total. The molecule has 0 spiro atoms. The lowest BCUT2D eigenvalue weighted by Gasteiger charge is -2.08. The van der Waals surface area contributed by atoms with Gasteiger partial charge in [-0.3, -0.25) is 4.79 Å². The van der Waals surface area contributed by atoms with Crippen molar-refractivity contribution in [3.8, 4) is 0 Å². The number of hydrogen-bond acceptors (Lipinski definition) is 3. The van der Waals surface area contributed by atoms with E-state index in [1.54, 1.807) is 0 Å². The van der Waals surface area contributed by atoms with Crippen molar-refractivity contribution in [1.29, 1.82) is 0 Å². The summed E-state index contributed by atoms with van der Waals surface area (Å²) in [6.45, 7) is 6.46. The van der Waals surface area contributed by atoms with Gasteiger partial charge in [0.25, 0.3) is 0 Å². The molecule has 1 atom stereocenters. The van der Waals surface area contributed by atoms with Crippen LogP contribution in [0, 0.1) is 5.92 Å². The van der Waals surface area contributed by atoms with Crippen LogP contribution in [0.1, 0.15) is 40.0 Å². The fourth-order valence-corrected chi connectivity index (χ4v) is 0.804. The summed E-state index contributed by atoms with van der Waals surface area (Å²) >= 11 is 0. The minimum Gasteiger partial charge on any atom is -0.466 e. The van der Waals surface area contributed by atoms with Crippen LogP contribution in [0.2, 0.25) is 0 Å². The number of esters is 1. The molecule has 0 fully saturated rings. The van der Waals surface area contributed by atoms with Crippen molar-refractivity contribution in [3.63, 3.8) is 0 Å². The first kappa shape index (κ1) is 12.4. The van der Waals surface area contributed by atoms with Crippen LogP contribution in [0.5, 0.6) is 0 Å². The first-order valence-electron chi connectivity index (χ1n) is 4.90. The molecule has 0 aromatic carbocycles. The third-order valence-corrected chi connectivity index (χ3v) is 1.83. The van der Waals surface area contributed by atoms with E-state index in [0.29, 0.717) is 18.9 Å². The van der Waals surface area contributed by atoms with Gasteiger partial charge in [-0.05, 0) is 18.8 Å². The highest BCUT2D eigenvalue weighted by Gasteiger charge is 2.09. The molecule has 1 unspecified atom stereocenters. The maximum atomic E-state index is 11.0. The lowest BCUT2D eigenvalue weighted by Crippen LogP contribution is -2.15. The van der Waals surface area contributed by atoms with E-state index >= 15 is 0 Å². The summed E-state index contributed by atoms with van der Waals surface area (Å²) in [5.41, 5.74) is 0. The van der Waals surface area contributed by atoms with Crippen LogP contribution in [0.25, 0.3) is 0 Å². The largest absolute Gasteiger partial charge is 0.466 e. The molecule has 0 aromatic heterocycles. The third-order valence-electron chi connectivity index (χ3n) is 1.83. The van der Waals surface area contributed by atoms with Crippen LogP contribution in [-0.4, -0.2) is 23.8 Å². The van der Waals surface area contributed by atoms with E-state index in [4.69, 9.17) is 9.84 Å². The number of ether oxygens (including phenoxy) is 1. The Morgan fingerprint density at radius 3 is 2.54 bits per heavy atom. The van der Waals surface area contributed by atoms with Crippen molar-refractivity contribution >= 4 is 5.97 Å². The number of carbonyl (C=O) groups excluding carboxylic acids is 1. The lowest BCUT2D eigenvalue weighted by molar-refractivity contribution is -0.146. The molecule has 0 saturated heterocycles. The Kier molecular flexibility index (Phi) is 6.59. The minimum absolute atomic E-state index is 0.120. The minimum atomic E-state index is -0.549. The van der Waals surface area contributed by atoms with Crippen LogP contribution < -0.4 is 0 Å². The smallest absolute Gasteiger partial charge is 0.308 e. The second-order valence-corrected chi connectivity index (χ2v) is 3.67. The Hall–Kier alpha value is -0.570. The summed E-state index contributed by atoms with van der Waals surface area (Å²) in [5.74, 6) is 0.249. The van der Waals surface area contributed by atoms with Gasteiger partial charge in [-0.15, -0.1) is 0 Å². The molecule has 0 bridgehead atoms. The zero-order valence-corrected chi connectivity index (χ0v) is 8.75. The molecule has 0 amide bonds. The Morgan fingerprint density at radius 1 is 1.46 bits per heavy atom. The van der Waals surface area contributed by atoms with Gasteiger partial charge in [-0.25, -0.2) is 0 Å². The van der Waals surface area contributed by atoms with Gasteiger partial charge in [-0.1, -0.05) is 20.8 Å². The van der Waals surface area contributed by atoms with Crippen LogP contribution >= 0.6 is 0 Å². The van der Waals surface area contributed by atoms with Crippen molar-refractivity contribution < 1.29 is 14.6 Å². The van der Waals surface area contributed by atoms with Crippen molar-refractivity contribution in [2.24, 2.45) is 5.92 Å². The molecule has 0 heterocycles. The Bertz CT molecular complexity index is 143. The molecule has 13 heavy (non-hydrogen) atoms. The maximum absolute atomic E-state index is 11.0. The summed E-state index contributed by atoms with van der Waals surface area (Å²) in [6, 6.07) is 0. The fourth-order valence-electron chi connectivity index (χ4n) is 0.804. The maximum Gasteiger partial charge on any atom is 0.308 e. The first-order valence-corrected chi connectivity index (χ1v) is 4.90. The number of rotatable bonds is 6. The van der Waals surface area contributed by atoms with Gasteiger partial charge in [0.05, 0.1) is 19.1 Å². The predicted molar refractivity (Wildman–Crippen MR) is 51.3 cm³/mol. The topological polar surface area (TPSA) is 46.5 Å². The van der Waals surface area contributed by atoms with Gasteiger partial charge in [-0.2, -0.15) is 0 Å². The van der Waals surface area contributed by atoms with Crippen molar-refractivity contribution in [1.82, 2.24) is 0 Å². The highest BCUT2D eigenvalue weighted by Crippen LogP contribution is 2.02. The fraction of sp³-hybridized carbons (Fsp3) is 0.900. The molecule has 0 aliphatic heterocycles. The second-order valence-electron chi connectivity index (χ2n) is 3.67. The summed E-state index contributed by atoms with van der Waals surface area (Å²) < 4.78 is 4.93. The number of hydrogen-bond donors (Lipinski definition) is 1. The molecule has 1 N–H and O–H groups in total. The van der Waals surface area contributed by atoms with Crippen LogP contribution in [-0.2, 0) is 9.53 Å². The molecule has 0 aliphatic carbocycles. The van der Waals surface area contributed by atoms with Gasteiger partial charge >= 0.3 is 5.97 Å². The summed E-state index contributed by atoms with van der Waals surface area (Å²) in [4.78, 5) is 11.0. The van der Waals surface area contributed by atoms with E-state index in [2.05, 4.69) is 13.8 Å². The summed E-state index contributed by atoms with van der Waals surface area (Å²) in [7, 11) is 0. The molecule has 0 saturated carbocycles. The van der Waals surface area contributed by atoms with Crippen LogP contribution in [0.15, 0.2) is 0 Å². The van der Waals surface area contributed by atoms with Crippen LogP contribution in [0.4, 0.5) is 0 Å². The Balaban J connectivity index is 3.41. The lowest BCUT2D eigenvalue weighted by atomic mass is 10.1. The average molecular weight is 188 g/mol. The highest BCUT2D eigenvalue weighted by atomic mass is 16.5. The van der Waals surface area contributed by atoms with Gasteiger partial charge in [0.2, 0.25) is 0 Å². The van der Waals surface area contributed by atoms with Gasteiger partial charge in [0, 0.05) is 0 Å². The van der Waals surface area contributed by atoms with E-state index in [-0.39, 0.29) is 12.4 Å². The average Bonchev–Trinajstić information content (AvgIpc) is 2.03. The van der Waals surface area contributed by atoms with E-state index in [9.17, 15) is 4.79 Å². The van der Waals surface area contributed by atoms with Gasteiger partial charge < -0.3 is 9.84 Å². The van der Waals surface area contributed by atoms with E-state index in [1.165, 1.54) is 0 Å². The summed E-state index contributed by atoms with van der Waals surface area (Å²) in [5, 5.41) is 9.14. The van der Waals surface area contributed by atoms with Crippen molar-refractivity contribution in [3.05, 3.63) is 0 Å². The van der Waals surface area contributed by atoms with E-state index < -0.39 is 6.10 Å². The molecule has 0 rings (SSSR count). The zero-order valence-electron chi connectivity index (χ0n) is 8.75. The molecule has 78 valence electrons. The van der Waals surface area contributed by atoms with Gasteiger partial charge in [0.15, 0.2) is 0 Å². The molecule has 0 aliphatic rings.